The van der Waals surface area contributed by atoms with Gasteiger partial charge in [0.25, 0.3) is 0 Å². The highest BCUT2D eigenvalue weighted by molar-refractivity contribution is 4.79. The fourth-order valence-electron chi connectivity index (χ4n) is 1.75. The molecule has 0 bridgehead atoms. The summed E-state index contributed by atoms with van der Waals surface area (Å²) < 4.78 is 0. The van der Waals surface area contributed by atoms with E-state index in [0.717, 1.165) is 19.4 Å². The van der Waals surface area contributed by atoms with Gasteiger partial charge in [0.2, 0.25) is 0 Å². The van der Waals surface area contributed by atoms with Crippen LogP contribution in [0.4, 0.5) is 0 Å². The molecule has 0 amide bonds. The minimum absolute atomic E-state index is 0.187. The highest BCUT2D eigenvalue weighted by Gasteiger charge is 2.24. The molecule has 2 unspecified atom stereocenters. The second kappa shape index (κ2) is 6.38. The standard InChI is InChI=1S/C11H26N2O/c1-5-6-11(3,8-12)9-13(4)10(2)7-14/h10,14H,5-9,12H2,1-4H3. The third-order valence-electron chi connectivity index (χ3n) is 2.99. The summed E-state index contributed by atoms with van der Waals surface area (Å²) in [6, 6.07) is 0.220. The van der Waals surface area contributed by atoms with Crippen molar-refractivity contribution in [2.75, 3.05) is 26.7 Å². The van der Waals surface area contributed by atoms with Crippen LogP contribution in [-0.2, 0) is 0 Å². The molecule has 0 spiro atoms. The summed E-state index contributed by atoms with van der Waals surface area (Å²) in [4.78, 5) is 2.18. The van der Waals surface area contributed by atoms with Gasteiger partial charge < -0.3 is 15.7 Å². The van der Waals surface area contributed by atoms with E-state index in [1.807, 2.05) is 14.0 Å². The molecule has 0 aliphatic rings. The highest BCUT2D eigenvalue weighted by Crippen LogP contribution is 2.23. The summed E-state index contributed by atoms with van der Waals surface area (Å²) in [6.45, 7) is 8.31. The van der Waals surface area contributed by atoms with E-state index < -0.39 is 0 Å². The Hall–Kier alpha value is -0.120. The predicted octanol–water partition coefficient (Wildman–Crippen LogP) is 1.06. The second-order valence-electron chi connectivity index (χ2n) is 4.71. The van der Waals surface area contributed by atoms with Crippen molar-refractivity contribution in [2.24, 2.45) is 11.1 Å². The first-order valence-electron chi connectivity index (χ1n) is 5.50. The Kier molecular flexibility index (Phi) is 6.33. The van der Waals surface area contributed by atoms with Crippen molar-refractivity contribution in [3.8, 4) is 0 Å². The molecule has 0 saturated carbocycles. The van der Waals surface area contributed by atoms with Gasteiger partial charge in [0.1, 0.15) is 0 Å². The SMILES string of the molecule is CCCC(C)(CN)CN(C)C(C)CO. The van der Waals surface area contributed by atoms with E-state index >= 15 is 0 Å². The van der Waals surface area contributed by atoms with Crippen LogP contribution in [0, 0.1) is 5.41 Å². The van der Waals surface area contributed by atoms with Crippen LogP contribution in [0.15, 0.2) is 0 Å². The van der Waals surface area contributed by atoms with Crippen molar-refractivity contribution < 1.29 is 5.11 Å². The first-order valence-corrected chi connectivity index (χ1v) is 5.50. The Bertz CT molecular complexity index is 152. The summed E-state index contributed by atoms with van der Waals surface area (Å²) in [5.41, 5.74) is 5.98. The van der Waals surface area contributed by atoms with Crippen LogP contribution in [0.5, 0.6) is 0 Å². The molecule has 3 heteroatoms. The Morgan fingerprint density at radius 1 is 1.50 bits per heavy atom. The van der Waals surface area contributed by atoms with Gasteiger partial charge in [-0.3, -0.25) is 0 Å². The van der Waals surface area contributed by atoms with Crippen LogP contribution in [-0.4, -0.2) is 42.8 Å². The van der Waals surface area contributed by atoms with Gasteiger partial charge in [-0.15, -0.1) is 0 Å². The summed E-state index contributed by atoms with van der Waals surface area (Å²) in [6.07, 6.45) is 2.31. The van der Waals surface area contributed by atoms with Gasteiger partial charge in [0.05, 0.1) is 6.61 Å². The largest absolute Gasteiger partial charge is 0.395 e. The number of hydrogen-bond acceptors (Lipinski definition) is 3. The third-order valence-corrected chi connectivity index (χ3v) is 2.99. The van der Waals surface area contributed by atoms with E-state index in [1.165, 1.54) is 0 Å². The molecule has 0 aromatic heterocycles. The summed E-state index contributed by atoms with van der Waals surface area (Å²) in [7, 11) is 2.05. The minimum atomic E-state index is 0.187. The van der Waals surface area contributed by atoms with Crippen LogP contribution in [0.3, 0.4) is 0 Å². The number of hydrogen-bond donors (Lipinski definition) is 2. The van der Waals surface area contributed by atoms with Crippen molar-refractivity contribution in [2.45, 2.75) is 39.7 Å². The van der Waals surface area contributed by atoms with Crippen molar-refractivity contribution >= 4 is 0 Å². The lowest BCUT2D eigenvalue weighted by atomic mass is 9.85. The number of aliphatic hydroxyl groups excluding tert-OH is 1. The molecule has 0 heterocycles. The number of nitrogens with two attached hydrogens (primary N) is 1. The minimum Gasteiger partial charge on any atom is -0.395 e. The molecule has 0 aromatic rings. The Morgan fingerprint density at radius 2 is 2.07 bits per heavy atom. The molecule has 2 atom stereocenters. The van der Waals surface area contributed by atoms with Gasteiger partial charge in [-0.1, -0.05) is 20.3 Å². The van der Waals surface area contributed by atoms with E-state index in [2.05, 4.69) is 18.7 Å². The summed E-state index contributed by atoms with van der Waals surface area (Å²) in [5.74, 6) is 0. The first kappa shape index (κ1) is 13.9. The molecule has 0 aliphatic heterocycles. The fraction of sp³-hybridized carbons (Fsp3) is 1.00. The molecular formula is C11H26N2O. The lowest BCUT2D eigenvalue weighted by Crippen LogP contribution is -2.43. The molecule has 0 aliphatic carbocycles. The van der Waals surface area contributed by atoms with Crippen LogP contribution in [0.25, 0.3) is 0 Å². The van der Waals surface area contributed by atoms with Gasteiger partial charge in [0.15, 0.2) is 0 Å². The van der Waals surface area contributed by atoms with Gasteiger partial charge in [-0.25, -0.2) is 0 Å². The zero-order chi connectivity index (χ0) is 11.2. The fourth-order valence-corrected chi connectivity index (χ4v) is 1.75. The van der Waals surface area contributed by atoms with Gasteiger partial charge in [-0.2, -0.15) is 0 Å². The van der Waals surface area contributed by atoms with Crippen LogP contribution in [0.2, 0.25) is 0 Å². The van der Waals surface area contributed by atoms with Crippen molar-refractivity contribution in [1.29, 1.82) is 0 Å². The van der Waals surface area contributed by atoms with Gasteiger partial charge >= 0.3 is 0 Å². The molecule has 86 valence electrons. The average molecular weight is 202 g/mol. The molecule has 3 nitrogen and oxygen atoms in total. The average Bonchev–Trinajstić information content (AvgIpc) is 2.16. The molecular weight excluding hydrogens is 176 g/mol. The number of aliphatic hydroxyl groups is 1. The maximum atomic E-state index is 9.03. The zero-order valence-electron chi connectivity index (χ0n) is 10.1. The summed E-state index contributed by atoms with van der Waals surface area (Å²) >= 11 is 0. The van der Waals surface area contributed by atoms with E-state index in [1.54, 1.807) is 0 Å². The molecule has 0 aromatic carbocycles. The van der Waals surface area contributed by atoms with Crippen molar-refractivity contribution in [1.82, 2.24) is 4.90 Å². The van der Waals surface area contributed by atoms with Gasteiger partial charge in [-0.05, 0) is 32.4 Å². The van der Waals surface area contributed by atoms with Crippen LogP contribution < -0.4 is 5.73 Å². The predicted molar refractivity (Wildman–Crippen MR) is 61.2 cm³/mol. The molecule has 0 radical (unpaired) electrons. The number of nitrogens with zero attached hydrogens (tertiary/aromatic N) is 1. The molecule has 0 rings (SSSR count). The molecule has 14 heavy (non-hydrogen) atoms. The summed E-state index contributed by atoms with van der Waals surface area (Å²) in [5, 5.41) is 9.03. The van der Waals surface area contributed by atoms with E-state index in [4.69, 9.17) is 10.8 Å². The quantitative estimate of drug-likeness (QED) is 0.649. The lowest BCUT2D eigenvalue weighted by molar-refractivity contribution is 0.109. The van der Waals surface area contributed by atoms with E-state index in [-0.39, 0.29) is 18.1 Å². The number of likely N-dealkylation sites (N-methyl/N-ethyl adjacent to an activating group) is 1. The maximum Gasteiger partial charge on any atom is 0.0584 e. The highest BCUT2D eigenvalue weighted by atomic mass is 16.3. The topological polar surface area (TPSA) is 49.5 Å². The smallest absolute Gasteiger partial charge is 0.0584 e. The number of rotatable bonds is 7. The lowest BCUT2D eigenvalue weighted by Gasteiger charge is -2.35. The first-order chi connectivity index (χ1) is 6.49. The third kappa shape index (κ3) is 4.40. The van der Waals surface area contributed by atoms with E-state index in [9.17, 15) is 0 Å². The Labute approximate surface area is 88.3 Å². The monoisotopic (exact) mass is 202 g/mol. The normalized spacial score (nSPS) is 18.2. The second-order valence-corrected chi connectivity index (χ2v) is 4.71. The molecule has 0 fully saturated rings. The van der Waals surface area contributed by atoms with Crippen LogP contribution in [0.1, 0.15) is 33.6 Å². The van der Waals surface area contributed by atoms with Crippen molar-refractivity contribution in [3.05, 3.63) is 0 Å². The van der Waals surface area contributed by atoms with Crippen LogP contribution >= 0.6 is 0 Å². The Balaban J connectivity index is 4.15. The maximum absolute atomic E-state index is 9.03. The van der Waals surface area contributed by atoms with Crippen molar-refractivity contribution in [3.63, 3.8) is 0 Å². The van der Waals surface area contributed by atoms with Gasteiger partial charge in [0, 0.05) is 12.6 Å². The molecule has 3 N–H and O–H groups in total. The zero-order valence-corrected chi connectivity index (χ0v) is 10.1. The Morgan fingerprint density at radius 3 is 2.43 bits per heavy atom. The van der Waals surface area contributed by atoms with E-state index in [0.29, 0.717) is 6.54 Å². The molecule has 0 saturated heterocycles.